The van der Waals surface area contributed by atoms with Crippen molar-refractivity contribution in [3.63, 3.8) is 0 Å². The quantitative estimate of drug-likeness (QED) is 0.745. The van der Waals surface area contributed by atoms with Crippen LogP contribution in [0.15, 0.2) is 6.20 Å². The molecule has 2 rings (SSSR count). The molecule has 0 amide bonds. The van der Waals surface area contributed by atoms with Gasteiger partial charge in [0, 0.05) is 19.1 Å². The first-order chi connectivity index (χ1) is 6.77. The van der Waals surface area contributed by atoms with Crippen molar-refractivity contribution in [2.24, 2.45) is 0 Å². The van der Waals surface area contributed by atoms with Crippen LogP contribution in [-0.2, 0) is 13.0 Å². The number of aromatic amines is 1. The Balaban J connectivity index is 0.000000461. The monoisotopic (exact) mass is 195 g/mol. The molecule has 80 valence electrons. The highest BCUT2D eigenvalue weighted by molar-refractivity contribution is 5.19. The first-order valence-electron chi connectivity index (χ1n) is 5.52. The summed E-state index contributed by atoms with van der Waals surface area (Å²) in [5.41, 5.74) is 2.70. The molecule has 0 spiro atoms. The summed E-state index contributed by atoms with van der Waals surface area (Å²) in [4.78, 5) is 2.46. The fraction of sp³-hybridized carbons (Fsp3) is 0.727. The molecule has 1 N–H and O–H groups in total. The largest absolute Gasteiger partial charge is 0.295 e. The van der Waals surface area contributed by atoms with Crippen LogP contribution in [0, 0.1) is 0 Å². The molecule has 0 fully saturated rings. The normalized spacial score (nSPS) is 16.1. The van der Waals surface area contributed by atoms with Crippen molar-refractivity contribution in [2.75, 3.05) is 6.54 Å². The van der Waals surface area contributed by atoms with Crippen molar-refractivity contribution in [2.45, 2.75) is 46.7 Å². The van der Waals surface area contributed by atoms with Gasteiger partial charge in [-0.15, -0.1) is 0 Å². The second-order valence-electron chi connectivity index (χ2n) is 3.69. The molecule has 0 atom stereocenters. The van der Waals surface area contributed by atoms with E-state index in [2.05, 4.69) is 28.9 Å². The number of aromatic nitrogens is 2. The van der Waals surface area contributed by atoms with E-state index in [-0.39, 0.29) is 0 Å². The highest BCUT2D eigenvalue weighted by Gasteiger charge is 2.18. The van der Waals surface area contributed by atoms with Crippen molar-refractivity contribution in [1.82, 2.24) is 15.1 Å². The molecule has 0 bridgehead atoms. The summed E-state index contributed by atoms with van der Waals surface area (Å²) in [5, 5.41) is 7.10. The first-order valence-corrected chi connectivity index (χ1v) is 5.52. The van der Waals surface area contributed by atoms with Crippen LogP contribution in [0.25, 0.3) is 0 Å². The lowest BCUT2D eigenvalue weighted by Gasteiger charge is -2.29. The molecule has 1 aromatic heterocycles. The Labute approximate surface area is 86.5 Å². The Morgan fingerprint density at radius 1 is 1.43 bits per heavy atom. The van der Waals surface area contributed by atoms with E-state index in [0.29, 0.717) is 6.04 Å². The Morgan fingerprint density at radius 3 is 2.79 bits per heavy atom. The van der Waals surface area contributed by atoms with Crippen LogP contribution in [0.2, 0.25) is 0 Å². The van der Waals surface area contributed by atoms with Crippen LogP contribution in [0.4, 0.5) is 0 Å². The van der Waals surface area contributed by atoms with Gasteiger partial charge < -0.3 is 0 Å². The van der Waals surface area contributed by atoms with E-state index < -0.39 is 0 Å². The number of H-pyrrole nitrogens is 1. The molecule has 14 heavy (non-hydrogen) atoms. The van der Waals surface area contributed by atoms with Gasteiger partial charge in [-0.1, -0.05) is 13.8 Å². The first kappa shape index (κ1) is 11.2. The summed E-state index contributed by atoms with van der Waals surface area (Å²) in [7, 11) is 0. The third-order valence-corrected chi connectivity index (χ3v) is 2.57. The van der Waals surface area contributed by atoms with Crippen LogP contribution in [-0.4, -0.2) is 27.7 Å². The fourth-order valence-electron chi connectivity index (χ4n) is 1.68. The van der Waals surface area contributed by atoms with Crippen LogP contribution >= 0.6 is 0 Å². The fourth-order valence-corrected chi connectivity index (χ4v) is 1.68. The van der Waals surface area contributed by atoms with Gasteiger partial charge in [0.05, 0.1) is 11.9 Å². The maximum absolute atomic E-state index is 4.05. The summed E-state index contributed by atoms with van der Waals surface area (Å²) in [5.74, 6) is 0. The van der Waals surface area contributed by atoms with Crippen LogP contribution in [0.5, 0.6) is 0 Å². The predicted octanol–water partition coefficient (Wildman–Crippen LogP) is 2.20. The van der Waals surface area contributed by atoms with Gasteiger partial charge in [0.2, 0.25) is 0 Å². The molecule has 0 saturated heterocycles. The second-order valence-corrected chi connectivity index (χ2v) is 3.69. The van der Waals surface area contributed by atoms with Crippen molar-refractivity contribution >= 4 is 0 Å². The molecule has 3 heteroatoms. The van der Waals surface area contributed by atoms with Crippen molar-refractivity contribution < 1.29 is 0 Å². The average Bonchev–Trinajstić information content (AvgIpc) is 2.67. The molecule has 1 aliphatic heterocycles. The molecule has 1 aliphatic rings. The average molecular weight is 195 g/mol. The number of fused-ring (bicyclic) bond motifs is 1. The van der Waals surface area contributed by atoms with E-state index in [0.717, 1.165) is 13.0 Å². The van der Waals surface area contributed by atoms with E-state index in [1.165, 1.54) is 17.8 Å². The summed E-state index contributed by atoms with van der Waals surface area (Å²) in [6.07, 6.45) is 3.09. The smallest absolute Gasteiger partial charge is 0.0524 e. The molecule has 0 aromatic carbocycles. The van der Waals surface area contributed by atoms with E-state index in [9.17, 15) is 0 Å². The summed E-state index contributed by atoms with van der Waals surface area (Å²) in [6.45, 7) is 10.7. The summed E-state index contributed by atoms with van der Waals surface area (Å²) in [6, 6.07) is 0.640. The minimum Gasteiger partial charge on any atom is -0.295 e. The Morgan fingerprint density at radius 2 is 2.14 bits per heavy atom. The van der Waals surface area contributed by atoms with Gasteiger partial charge in [-0.2, -0.15) is 5.10 Å². The lowest BCUT2D eigenvalue weighted by atomic mass is 10.1. The van der Waals surface area contributed by atoms with Crippen molar-refractivity contribution in [3.8, 4) is 0 Å². The van der Waals surface area contributed by atoms with Gasteiger partial charge in [0.25, 0.3) is 0 Å². The van der Waals surface area contributed by atoms with Gasteiger partial charge >= 0.3 is 0 Å². The lowest BCUT2D eigenvalue weighted by molar-refractivity contribution is 0.201. The zero-order valence-corrected chi connectivity index (χ0v) is 9.67. The molecule has 0 unspecified atom stereocenters. The lowest BCUT2D eigenvalue weighted by Crippen LogP contribution is -2.35. The van der Waals surface area contributed by atoms with Crippen molar-refractivity contribution in [3.05, 3.63) is 17.5 Å². The van der Waals surface area contributed by atoms with Gasteiger partial charge in [0.15, 0.2) is 0 Å². The number of nitrogens with one attached hydrogen (secondary N) is 1. The molecular weight excluding hydrogens is 174 g/mol. The van der Waals surface area contributed by atoms with Crippen LogP contribution in [0.1, 0.15) is 39.0 Å². The molecule has 3 nitrogen and oxygen atoms in total. The van der Waals surface area contributed by atoms with Crippen LogP contribution in [0.3, 0.4) is 0 Å². The minimum atomic E-state index is 0.640. The Hall–Kier alpha value is -0.830. The number of rotatable bonds is 1. The topological polar surface area (TPSA) is 31.9 Å². The maximum Gasteiger partial charge on any atom is 0.0524 e. The number of hydrogen-bond donors (Lipinski definition) is 1. The zero-order valence-electron chi connectivity index (χ0n) is 9.67. The van der Waals surface area contributed by atoms with E-state index in [1.807, 2.05) is 20.0 Å². The SMILES string of the molecule is CC.CC(C)N1CCc2cn[nH]c2C1. The Kier molecular flexibility index (Phi) is 4.14. The molecule has 2 heterocycles. The van der Waals surface area contributed by atoms with E-state index >= 15 is 0 Å². The standard InChI is InChI=1S/C9H15N3.C2H6/c1-7(2)12-4-3-8-5-10-11-9(8)6-12;1-2/h5,7H,3-4,6H2,1-2H3,(H,10,11);1-2H3. The van der Waals surface area contributed by atoms with Gasteiger partial charge in [-0.3, -0.25) is 10.00 Å². The molecule has 0 radical (unpaired) electrons. The third kappa shape index (κ3) is 2.35. The van der Waals surface area contributed by atoms with Gasteiger partial charge in [-0.25, -0.2) is 0 Å². The highest BCUT2D eigenvalue weighted by atomic mass is 15.2. The molecular formula is C11H21N3. The number of nitrogens with zero attached hydrogens (tertiary/aromatic N) is 2. The van der Waals surface area contributed by atoms with E-state index in [1.54, 1.807) is 0 Å². The zero-order chi connectivity index (χ0) is 10.6. The molecule has 0 saturated carbocycles. The third-order valence-electron chi connectivity index (χ3n) is 2.57. The predicted molar refractivity (Wildman–Crippen MR) is 59.2 cm³/mol. The maximum atomic E-state index is 4.05. The summed E-state index contributed by atoms with van der Waals surface area (Å²) >= 11 is 0. The molecule has 1 aromatic rings. The van der Waals surface area contributed by atoms with Gasteiger partial charge in [0.1, 0.15) is 0 Å². The van der Waals surface area contributed by atoms with Crippen LogP contribution < -0.4 is 0 Å². The van der Waals surface area contributed by atoms with E-state index in [4.69, 9.17) is 0 Å². The molecule has 0 aliphatic carbocycles. The second kappa shape index (κ2) is 5.15. The number of hydrogen-bond acceptors (Lipinski definition) is 2. The van der Waals surface area contributed by atoms with Gasteiger partial charge in [-0.05, 0) is 25.8 Å². The highest BCUT2D eigenvalue weighted by Crippen LogP contribution is 2.17. The van der Waals surface area contributed by atoms with Crippen molar-refractivity contribution in [1.29, 1.82) is 0 Å². The minimum absolute atomic E-state index is 0.640. The summed E-state index contributed by atoms with van der Waals surface area (Å²) < 4.78 is 0. The Bertz CT molecular complexity index is 265.